The molecule has 0 fully saturated rings. The number of sulfonamides is 1. The van der Waals surface area contributed by atoms with Crippen LogP contribution in [0.1, 0.15) is 6.42 Å². The van der Waals surface area contributed by atoms with Crippen molar-refractivity contribution in [3.8, 4) is 5.75 Å². The number of rotatable bonds is 7. The second kappa shape index (κ2) is 6.27. The number of nitrogens with one attached hydrogen (secondary N) is 2. The lowest BCUT2D eigenvalue weighted by molar-refractivity contribution is -0.137. The molecular weight excluding hydrogens is 298 g/mol. The number of aromatic nitrogens is 2. The third-order valence-electron chi connectivity index (χ3n) is 2.45. The number of carboxylic acid groups (broad SMARTS) is 1. The van der Waals surface area contributed by atoms with Gasteiger partial charge in [0.2, 0.25) is 5.95 Å². The predicted octanol–water partition coefficient (Wildman–Crippen LogP) is 1.06. The highest BCUT2D eigenvalue weighted by Gasteiger charge is 2.15. The highest BCUT2D eigenvalue weighted by atomic mass is 32.2. The van der Waals surface area contributed by atoms with Gasteiger partial charge in [-0.3, -0.25) is 4.79 Å². The van der Waals surface area contributed by atoms with Gasteiger partial charge in [0.25, 0.3) is 10.0 Å². The molecule has 2 aromatic rings. The molecule has 0 saturated heterocycles. The van der Waals surface area contributed by atoms with E-state index in [4.69, 9.17) is 9.84 Å². The summed E-state index contributed by atoms with van der Waals surface area (Å²) in [6.07, 6.45) is 2.80. The number of nitrogens with zero attached hydrogens (tertiary/aromatic N) is 1. The van der Waals surface area contributed by atoms with Crippen LogP contribution in [0, 0.1) is 0 Å². The molecule has 0 saturated carbocycles. The summed E-state index contributed by atoms with van der Waals surface area (Å²) in [6, 6.07) is 5.64. The van der Waals surface area contributed by atoms with Gasteiger partial charge >= 0.3 is 5.97 Å². The molecule has 0 amide bonds. The van der Waals surface area contributed by atoms with E-state index < -0.39 is 16.0 Å². The Kier molecular flexibility index (Phi) is 4.43. The fraction of sp³-hybridized carbons (Fsp3) is 0.167. The second-order valence-corrected chi connectivity index (χ2v) is 5.69. The van der Waals surface area contributed by atoms with Gasteiger partial charge < -0.3 is 14.8 Å². The topological polar surface area (TPSA) is 121 Å². The Morgan fingerprint density at radius 3 is 2.62 bits per heavy atom. The summed E-state index contributed by atoms with van der Waals surface area (Å²) >= 11 is 0. The van der Waals surface area contributed by atoms with Crippen LogP contribution in [0.3, 0.4) is 0 Å². The number of aromatic amines is 1. The minimum absolute atomic E-state index is 0.0199. The summed E-state index contributed by atoms with van der Waals surface area (Å²) in [7, 11) is -3.73. The number of hydrogen-bond acceptors (Lipinski definition) is 5. The number of benzene rings is 1. The summed E-state index contributed by atoms with van der Waals surface area (Å²) in [4.78, 5) is 16.8. The van der Waals surface area contributed by atoms with Crippen LogP contribution in [0.2, 0.25) is 0 Å². The summed E-state index contributed by atoms with van der Waals surface area (Å²) in [5.74, 6) is -0.443. The Labute approximate surface area is 120 Å². The molecule has 0 radical (unpaired) electrons. The number of H-pyrrole nitrogens is 1. The molecule has 0 bridgehead atoms. The quantitative estimate of drug-likeness (QED) is 0.703. The van der Waals surface area contributed by atoms with Gasteiger partial charge in [0.05, 0.1) is 17.9 Å². The molecule has 0 spiro atoms. The van der Waals surface area contributed by atoms with E-state index in [1.807, 2.05) is 0 Å². The summed E-state index contributed by atoms with van der Waals surface area (Å²) < 4.78 is 31.5. The van der Waals surface area contributed by atoms with Gasteiger partial charge in [0.15, 0.2) is 0 Å². The van der Waals surface area contributed by atoms with Crippen molar-refractivity contribution in [3.63, 3.8) is 0 Å². The number of ether oxygens (including phenoxy) is 1. The average Bonchev–Trinajstić information content (AvgIpc) is 2.91. The van der Waals surface area contributed by atoms with E-state index in [1.54, 1.807) is 0 Å². The smallest absolute Gasteiger partial charge is 0.306 e. The Bertz CT molecular complexity index is 695. The van der Waals surface area contributed by atoms with E-state index in [0.717, 1.165) is 0 Å². The zero-order chi connectivity index (χ0) is 15.3. The molecule has 0 aliphatic rings. The Morgan fingerprint density at radius 1 is 1.33 bits per heavy atom. The third kappa shape index (κ3) is 4.21. The van der Waals surface area contributed by atoms with Crippen molar-refractivity contribution in [3.05, 3.63) is 36.7 Å². The first kappa shape index (κ1) is 14.9. The standard InChI is InChI=1S/C12H13N3O5S/c16-11(17)5-8-20-9-1-3-10(4-2-9)21(18,19)15-12-13-6-7-14-12/h1-4,6-7H,5,8H2,(H,16,17)(H2,13,14,15). The maximum Gasteiger partial charge on any atom is 0.306 e. The van der Waals surface area contributed by atoms with Gasteiger partial charge in [-0.2, -0.15) is 0 Å². The molecule has 3 N–H and O–H groups in total. The van der Waals surface area contributed by atoms with E-state index in [1.165, 1.54) is 36.7 Å². The van der Waals surface area contributed by atoms with Crippen molar-refractivity contribution in [2.45, 2.75) is 11.3 Å². The van der Waals surface area contributed by atoms with E-state index in [9.17, 15) is 13.2 Å². The Morgan fingerprint density at radius 2 is 2.05 bits per heavy atom. The predicted molar refractivity (Wildman–Crippen MR) is 73.6 cm³/mol. The number of carboxylic acids is 1. The molecule has 0 aliphatic heterocycles. The van der Waals surface area contributed by atoms with Crippen LogP contribution in [-0.4, -0.2) is 36.1 Å². The lowest BCUT2D eigenvalue weighted by Gasteiger charge is -2.07. The van der Waals surface area contributed by atoms with Crippen LogP contribution in [0.5, 0.6) is 5.75 Å². The highest BCUT2D eigenvalue weighted by Crippen LogP contribution is 2.17. The molecule has 0 unspecified atom stereocenters. The molecule has 2 rings (SSSR count). The molecule has 0 aliphatic carbocycles. The van der Waals surface area contributed by atoms with Gasteiger partial charge in [0, 0.05) is 12.4 Å². The van der Waals surface area contributed by atoms with E-state index in [2.05, 4.69) is 14.7 Å². The molecule has 112 valence electrons. The van der Waals surface area contributed by atoms with Crippen molar-refractivity contribution >= 4 is 21.9 Å². The maximum atomic E-state index is 12.0. The molecular formula is C12H13N3O5S. The first-order valence-corrected chi connectivity index (χ1v) is 7.42. The fourth-order valence-electron chi connectivity index (χ4n) is 1.48. The van der Waals surface area contributed by atoms with Crippen LogP contribution in [0.15, 0.2) is 41.6 Å². The lowest BCUT2D eigenvalue weighted by Crippen LogP contribution is -2.13. The fourth-order valence-corrected chi connectivity index (χ4v) is 2.46. The Hall–Kier alpha value is -2.55. The van der Waals surface area contributed by atoms with Crippen molar-refractivity contribution in [1.82, 2.24) is 9.97 Å². The van der Waals surface area contributed by atoms with Gasteiger partial charge in [-0.05, 0) is 24.3 Å². The van der Waals surface area contributed by atoms with Crippen LogP contribution in [0.4, 0.5) is 5.95 Å². The van der Waals surface area contributed by atoms with Crippen molar-refractivity contribution in [2.75, 3.05) is 11.3 Å². The number of carbonyl (C=O) groups is 1. The number of anilines is 1. The molecule has 8 nitrogen and oxygen atoms in total. The van der Waals surface area contributed by atoms with E-state index in [-0.39, 0.29) is 23.9 Å². The van der Waals surface area contributed by atoms with E-state index >= 15 is 0 Å². The zero-order valence-corrected chi connectivity index (χ0v) is 11.6. The zero-order valence-electron chi connectivity index (χ0n) is 10.8. The molecule has 9 heteroatoms. The van der Waals surface area contributed by atoms with E-state index in [0.29, 0.717) is 5.75 Å². The lowest BCUT2D eigenvalue weighted by atomic mass is 10.3. The minimum Gasteiger partial charge on any atom is -0.493 e. The van der Waals surface area contributed by atoms with Gasteiger partial charge in [0.1, 0.15) is 5.75 Å². The largest absolute Gasteiger partial charge is 0.493 e. The number of hydrogen-bond donors (Lipinski definition) is 3. The third-order valence-corrected chi connectivity index (χ3v) is 3.80. The molecule has 1 aromatic carbocycles. The van der Waals surface area contributed by atoms with Crippen LogP contribution in [0.25, 0.3) is 0 Å². The molecule has 1 heterocycles. The molecule has 21 heavy (non-hydrogen) atoms. The summed E-state index contributed by atoms with van der Waals surface area (Å²) in [5.41, 5.74) is 0. The normalized spacial score (nSPS) is 11.0. The van der Waals surface area contributed by atoms with Gasteiger partial charge in [-0.1, -0.05) is 0 Å². The van der Waals surface area contributed by atoms with Gasteiger partial charge in [-0.25, -0.2) is 18.1 Å². The van der Waals surface area contributed by atoms with Crippen molar-refractivity contribution in [1.29, 1.82) is 0 Å². The average molecular weight is 311 g/mol. The maximum absolute atomic E-state index is 12.0. The molecule has 1 aromatic heterocycles. The summed E-state index contributed by atoms with van der Waals surface area (Å²) in [6.45, 7) is 0.0199. The van der Waals surface area contributed by atoms with Crippen molar-refractivity contribution in [2.24, 2.45) is 0 Å². The van der Waals surface area contributed by atoms with Gasteiger partial charge in [-0.15, -0.1) is 0 Å². The molecule has 0 atom stereocenters. The van der Waals surface area contributed by atoms with Crippen LogP contribution in [-0.2, 0) is 14.8 Å². The monoisotopic (exact) mass is 311 g/mol. The first-order chi connectivity index (χ1) is 9.97. The van der Waals surface area contributed by atoms with Crippen LogP contribution < -0.4 is 9.46 Å². The first-order valence-electron chi connectivity index (χ1n) is 5.94. The highest BCUT2D eigenvalue weighted by molar-refractivity contribution is 7.92. The number of imidazole rings is 1. The second-order valence-electron chi connectivity index (χ2n) is 4.01. The summed E-state index contributed by atoms with van der Waals surface area (Å²) in [5, 5.41) is 8.49. The van der Waals surface area contributed by atoms with Crippen LogP contribution >= 0.6 is 0 Å². The minimum atomic E-state index is -3.73. The Balaban J connectivity index is 2.02. The SMILES string of the molecule is O=C(O)CCOc1ccc(S(=O)(=O)Nc2ncc[nH]2)cc1. The number of aliphatic carboxylic acids is 1. The van der Waals surface area contributed by atoms with Crippen molar-refractivity contribution < 1.29 is 23.1 Å².